The normalized spacial score (nSPS) is 20.4. The van der Waals surface area contributed by atoms with Crippen LogP contribution >= 0.6 is 0 Å². The molecule has 2 fully saturated rings. The van der Waals surface area contributed by atoms with Crippen LogP contribution in [0.4, 0.5) is 4.79 Å². The molecule has 1 aliphatic heterocycles. The lowest BCUT2D eigenvalue weighted by atomic mass is 10.0. The summed E-state index contributed by atoms with van der Waals surface area (Å²) in [5, 5.41) is 5.99. The second-order valence-electron chi connectivity index (χ2n) is 6.11. The standard InChI is InChI=1S/C17H25N3O2/c21-17(18-12-14-6-7-14)19-13-16(15-4-2-1-3-5-15)20-8-10-22-11-9-20/h1-5,14,16H,6-13H2,(H2,18,19,21). The van der Waals surface area contributed by atoms with Gasteiger partial charge >= 0.3 is 6.03 Å². The lowest BCUT2D eigenvalue weighted by Crippen LogP contribution is -2.46. The van der Waals surface area contributed by atoms with Gasteiger partial charge in [-0.15, -0.1) is 0 Å². The summed E-state index contributed by atoms with van der Waals surface area (Å²) in [6.07, 6.45) is 2.50. The van der Waals surface area contributed by atoms with Crippen molar-refractivity contribution >= 4 is 6.03 Å². The van der Waals surface area contributed by atoms with Crippen LogP contribution in [0.2, 0.25) is 0 Å². The van der Waals surface area contributed by atoms with Crippen LogP contribution in [0.15, 0.2) is 30.3 Å². The Morgan fingerprint density at radius 2 is 1.91 bits per heavy atom. The summed E-state index contributed by atoms with van der Waals surface area (Å²) in [6.45, 7) is 4.77. The van der Waals surface area contributed by atoms with Gasteiger partial charge in [0.25, 0.3) is 0 Å². The van der Waals surface area contributed by atoms with E-state index in [1.165, 1.54) is 18.4 Å². The average Bonchev–Trinajstić information content (AvgIpc) is 3.39. The number of hydrogen-bond acceptors (Lipinski definition) is 3. The molecule has 3 rings (SSSR count). The first-order valence-electron chi connectivity index (χ1n) is 8.21. The van der Waals surface area contributed by atoms with Crippen molar-refractivity contribution in [2.24, 2.45) is 5.92 Å². The van der Waals surface area contributed by atoms with Crippen molar-refractivity contribution < 1.29 is 9.53 Å². The van der Waals surface area contributed by atoms with E-state index in [2.05, 4.69) is 39.8 Å². The van der Waals surface area contributed by atoms with E-state index >= 15 is 0 Å². The molecule has 1 aromatic carbocycles. The zero-order chi connectivity index (χ0) is 15.2. The van der Waals surface area contributed by atoms with Gasteiger partial charge in [0.1, 0.15) is 0 Å². The van der Waals surface area contributed by atoms with Crippen molar-refractivity contribution in [3.8, 4) is 0 Å². The first kappa shape index (κ1) is 15.3. The Hall–Kier alpha value is -1.59. The highest BCUT2D eigenvalue weighted by atomic mass is 16.5. The Bertz CT molecular complexity index is 470. The molecule has 1 saturated carbocycles. The predicted octanol–water partition coefficient (Wildman–Crippen LogP) is 1.77. The fourth-order valence-electron chi connectivity index (χ4n) is 2.83. The van der Waals surface area contributed by atoms with Crippen LogP contribution < -0.4 is 10.6 Å². The van der Waals surface area contributed by atoms with Gasteiger partial charge in [0, 0.05) is 26.2 Å². The molecule has 1 heterocycles. The quantitative estimate of drug-likeness (QED) is 0.842. The molecular weight excluding hydrogens is 278 g/mol. The molecule has 0 aromatic heterocycles. The van der Waals surface area contributed by atoms with Gasteiger partial charge in [-0.3, -0.25) is 4.90 Å². The smallest absolute Gasteiger partial charge is 0.314 e. The monoisotopic (exact) mass is 303 g/mol. The van der Waals surface area contributed by atoms with Gasteiger partial charge in [-0.1, -0.05) is 30.3 Å². The zero-order valence-corrected chi connectivity index (χ0v) is 13.0. The third-order valence-corrected chi connectivity index (χ3v) is 4.37. The largest absolute Gasteiger partial charge is 0.379 e. The molecular formula is C17H25N3O2. The van der Waals surface area contributed by atoms with Crippen molar-refractivity contribution in [2.45, 2.75) is 18.9 Å². The highest BCUT2D eigenvalue weighted by Gasteiger charge is 2.24. The Balaban J connectivity index is 1.56. The van der Waals surface area contributed by atoms with Crippen molar-refractivity contribution in [3.63, 3.8) is 0 Å². The highest BCUT2D eigenvalue weighted by Crippen LogP contribution is 2.27. The van der Waals surface area contributed by atoms with Gasteiger partial charge in [0.2, 0.25) is 0 Å². The van der Waals surface area contributed by atoms with Crippen molar-refractivity contribution in [3.05, 3.63) is 35.9 Å². The topological polar surface area (TPSA) is 53.6 Å². The van der Waals surface area contributed by atoms with E-state index in [4.69, 9.17) is 4.74 Å². The summed E-state index contributed by atoms with van der Waals surface area (Å²) in [5.41, 5.74) is 1.24. The number of rotatable bonds is 6. The first-order valence-corrected chi connectivity index (χ1v) is 8.21. The van der Waals surface area contributed by atoms with E-state index in [1.807, 2.05) is 6.07 Å². The maximum Gasteiger partial charge on any atom is 0.314 e. The van der Waals surface area contributed by atoms with Gasteiger partial charge < -0.3 is 15.4 Å². The SMILES string of the molecule is O=C(NCC1CC1)NCC(c1ccccc1)N1CCOCC1. The molecule has 120 valence electrons. The predicted molar refractivity (Wildman–Crippen MR) is 85.7 cm³/mol. The highest BCUT2D eigenvalue weighted by molar-refractivity contribution is 5.73. The Morgan fingerprint density at radius 1 is 1.18 bits per heavy atom. The molecule has 1 unspecified atom stereocenters. The van der Waals surface area contributed by atoms with Gasteiger partial charge in [-0.05, 0) is 24.3 Å². The van der Waals surface area contributed by atoms with Crippen LogP contribution in [-0.2, 0) is 4.74 Å². The van der Waals surface area contributed by atoms with Crippen molar-refractivity contribution in [1.82, 2.24) is 15.5 Å². The molecule has 1 saturated heterocycles. The summed E-state index contributed by atoms with van der Waals surface area (Å²) in [4.78, 5) is 14.3. The van der Waals surface area contributed by atoms with E-state index in [1.54, 1.807) is 0 Å². The number of morpholine rings is 1. The molecule has 0 bridgehead atoms. The zero-order valence-electron chi connectivity index (χ0n) is 13.0. The van der Waals surface area contributed by atoms with E-state index < -0.39 is 0 Å². The number of hydrogen-bond donors (Lipinski definition) is 2. The second-order valence-corrected chi connectivity index (χ2v) is 6.11. The summed E-state index contributed by atoms with van der Waals surface area (Å²) >= 11 is 0. The number of nitrogens with zero attached hydrogens (tertiary/aromatic N) is 1. The minimum atomic E-state index is -0.0545. The van der Waals surface area contributed by atoms with E-state index in [-0.39, 0.29) is 12.1 Å². The third-order valence-electron chi connectivity index (χ3n) is 4.37. The van der Waals surface area contributed by atoms with Crippen LogP contribution in [0.1, 0.15) is 24.4 Å². The minimum absolute atomic E-state index is 0.0545. The number of benzene rings is 1. The molecule has 0 spiro atoms. The number of carbonyl (C=O) groups excluding carboxylic acids is 1. The number of nitrogens with one attached hydrogen (secondary N) is 2. The summed E-state index contributed by atoms with van der Waals surface area (Å²) in [5.74, 6) is 0.704. The first-order chi connectivity index (χ1) is 10.8. The third kappa shape index (κ3) is 4.45. The fraction of sp³-hybridized carbons (Fsp3) is 0.588. The maximum absolute atomic E-state index is 11.9. The lowest BCUT2D eigenvalue weighted by Gasteiger charge is -2.34. The molecule has 1 aliphatic carbocycles. The molecule has 1 aromatic rings. The van der Waals surface area contributed by atoms with E-state index in [0.717, 1.165) is 32.8 Å². The second kappa shape index (κ2) is 7.61. The Morgan fingerprint density at radius 3 is 2.59 bits per heavy atom. The van der Waals surface area contributed by atoms with Gasteiger partial charge in [-0.2, -0.15) is 0 Å². The molecule has 2 aliphatic rings. The van der Waals surface area contributed by atoms with Gasteiger partial charge in [-0.25, -0.2) is 4.79 Å². The van der Waals surface area contributed by atoms with Gasteiger partial charge in [0.15, 0.2) is 0 Å². The van der Waals surface area contributed by atoms with Crippen LogP contribution in [0.3, 0.4) is 0 Å². The van der Waals surface area contributed by atoms with E-state index in [9.17, 15) is 4.79 Å². The number of urea groups is 1. The lowest BCUT2D eigenvalue weighted by molar-refractivity contribution is 0.0167. The van der Waals surface area contributed by atoms with Crippen LogP contribution in [0.25, 0.3) is 0 Å². The fourth-order valence-corrected chi connectivity index (χ4v) is 2.83. The Labute approximate surface area is 132 Å². The summed E-state index contributed by atoms with van der Waals surface area (Å²) in [6, 6.07) is 10.5. The molecule has 2 N–H and O–H groups in total. The van der Waals surface area contributed by atoms with Gasteiger partial charge in [0.05, 0.1) is 19.3 Å². The molecule has 22 heavy (non-hydrogen) atoms. The minimum Gasteiger partial charge on any atom is -0.379 e. The van der Waals surface area contributed by atoms with Crippen molar-refractivity contribution in [2.75, 3.05) is 39.4 Å². The molecule has 0 radical (unpaired) electrons. The average molecular weight is 303 g/mol. The summed E-state index contributed by atoms with van der Waals surface area (Å²) < 4.78 is 5.44. The Kier molecular flexibility index (Phi) is 5.29. The van der Waals surface area contributed by atoms with E-state index in [0.29, 0.717) is 12.5 Å². The molecule has 1 atom stereocenters. The maximum atomic E-state index is 11.9. The molecule has 5 nitrogen and oxygen atoms in total. The number of amides is 2. The van der Waals surface area contributed by atoms with Crippen LogP contribution in [-0.4, -0.2) is 50.3 Å². The summed E-state index contributed by atoms with van der Waals surface area (Å²) in [7, 11) is 0. The van der Waals surface area contributed by atoms with Crippen molar-refractivity contribution in [1.29, 1.82) is 0 Å². The molecule has 5 heteroatoms. The number of ether oxygens (including phenoxy) is 1. The molecule has 2 amide bonds. The number of carbonyl (C=O) groups is 1. The van der Waals surface area contributed by atoms with Crippen LogP contribution in [0.5, 0.6) is 0 Å². The van der Waals surface area contributed by atoms with Crippen LogP contribution in [0, 0.1) is 5.92 Å².